The van der Waals surface area contributed by atoms with Crippen LogP contribution in [0, 0.1) is 12.7 Å². The molecule has 14 heavy (non-hydrogen) atoms. The van der Waals surface area contributed by atoms with Crippen molar-refractivity contribution in [3.8, 4) is 0 Å². The largest absolute Gasteiger partial charge is 0.345 e. The summed E-state index contributed by atoms with van der Waals surface area (Å²) in [5.74, 6) is -0.434. The van der Waals surface area contributed by atoms with E-state index in [1.54, 1.807) is 6.07 Å². The minimum absolute atomic E-state index is 0.183. The van der Waals surface area contributed by atoms with Crippen LogP contribution in [-0.2, 0) is 0 Å². The molecule has 0 spiro atoms. The molecule has 0 atom stereocenters. The van der Waals surface area contributed by atoms with Gasteiger partial charge in [-0.3, -0.25) is 4.79 Å². The fourth-order valence-corrected chi connectivity index (χ4v) is 1.74. The van der Waals surface area contributed by atoms with Crippen LogP contribution in [0.5, 0.6) is 0 Å². The minimum atomic E-state index is -0.434. The molecule has 0 amide bonds. The van der Waals surface area contributed by atoms with Crippen molar-refractivity contribution in [2.24, 2.45) is 0 Å². The molecule has 2 rings (SSSR count). The SMILES string of the molecule is Cc1ccc(F)c2c(C=O)c(Cl)[nH]c12. The lowest BCUT2D eigenvalue weighted by atomic mass is 10.1. The van der Waals surface area contributed by atoms with Gasteiger partial charge < -0.3 is 4.98 Å². The Labute approximate surface area is 84.7 Å². The van der Waals surface area contributed by atoms with Crippen LogP contribution in [0.25, 0.3) is 10.9 Å². The lowest BCUT2D eigenvalue weighted by Gasteiger charge is -1.96. The van der Waals surface area contributed by atoms with Crippen molar-refractivity contribution in [1.82, 2.24) is 4.98 Å². The van der Waals surface area contributed by atoms with E-state index in [2.05, 4.69) is 4.98 Å². The molecular formula is C10H7ClFNO. The van der Waals surface area contributed by atoms with Gasteiger partial charge in [0.1, 0.15) is 11.0 Å². The maximum Gasteiger partial charge on any atom is 0.153 e. The molecule has 0 bridgehead atoms. The summed E-state index contributed by atoms with van der Waals surface area (Å²) in [4.78, 5) is 13.5. The molecule has 1 N–H and O–H groups in total. The first-order chi connectivity index (χ1) is 6.65. The van der Waals surface area contributed by atoms with Gasteiger partial charge in [-0.15, -0.1) is 0 Å². The van der Waals surface area contributed by atoms with Gasteiger partial charge in [0.25, 0.3) is 0 Å². The maximum absolute atomic E-state index is 13.4. The highest BCUT2D eigenvalue weighted by molar-refractivity contribution is 6.34. The van der Waals surface area contributed by atoms with Crippen molar-refractivity contribution in [2.45, 2.75) is 6.92 Å². The van der Waals surface area contributed by atoms with Crippen LogP contribution in [0.1, 0.15) is 15.9 Å². The van der Waals surface area contributed by atoms with Crippen molar-refractivity contribution in [2.75, 3.05) is 0 Å². The quantitative estimate of drug-likeness (QED) is 0.723. The average Bonchev–Trinajstić information content (AvgIpc) is 2.50. The first-order valence-electron chi connectivity index (χ1n) is 4.06. The number of benzene rings is 1. The molecule has 1 aromatic carbocycles. The van der Waals surface area contributed by atoms with Gasteiger partial charge in [-0.05, 0) is 18.6 Å². The Kier molecular flexibility index (Phi) is 2.04. The molecule has 0 saturated heterocycles. The van der Waals surface area contributed by atoms with Crippen LogP contribution in [0.4, 0.5) is 4.39 Å². The number of carbonyl (C=O) groups excluding carboxylic acids is 1. The van der Waals surface area contributed by atoms with Gasteiger partial charge in [-0.25, -0.2) is 4.39 Å². The minimum Gasteiger partial charge on any atom is -0.345 e. The Bertz CT molecular complexity index is 518. The van der Waals surface area contributed by atoms with Crippen LogP contribution in [0.15, 0.2) is 12.1 Å². The van der Waals surface area contributed by atoms with E-state index in [-0.39, 0.29) is 16.1 Å². The van der Waals surface area contributed by atoms with Crippen molar-refractivity contribution in [3.05, 3.63) is 34.2 Å². The van der Waals surface area contributed by atoms with Crippen LogP contribution in [0.2, 0.25) is 5.15 Å². The molecule has 2 nitrogen and oxygen atoms in total. The Balaban J connectivity index is 3.00. The van der Waals surface area contributed by atoms with Crippen LogP contribution in [0.3, 0.4) is 0 Å². The normalized spacial score (nSPS) is 10.8. The summed E-state index contributed by atoms with van der Waals surface area (Å²) in [6.07, 6.45) is 0.559. The fourth-order valence-electron chi connectivity index (χ4n) is 1.50. The number of aromatic nitrogens is 1. The molecule has 0 saturated carbocycles. The van der Waals surface area contributed by atoms with E-state index in [0.29, 0.717) is 11.8 Å². The topological polar surface area (TPSA) is 32.9 Å². The Morgan fingerprint density at radius 3 is 2.86 bits per heavy atom. The number of H-pyrrole nitrogens is 1. The number of fused-ring (bicyclic) bond motifs is 1. The molecule has 4 heteroatoms. The predicted molar refractivity (Wildman–Crippen MR) is 53.4 cm³/mol. The first kappa shape index (κ1) is 9.21. The summed E-state index contributed by atoms with van der Waals surface area (Å²) in [5, 5.41) is 0.452. The number of aromatic amines is 1. The molecule has 0 aliphatic heterocycles. The van der Waals surface area contributed by atoms with Crippen molar-refractivity contribution < 1.29 is 9.18 Å². The van der Waals surface area contributed by atoms with Gasteiger partial charge in [0.2, 0.25) is 0 Å². The van der Waals surface area contributed by atoms with Gasteiger partial charge in [0, 0.05) is 5.39 Å². The van der Waals surface area contributed by atoms with Crippen molar-refractivity contribution in [3.63, 3.8) is 0 Å². The molecule has 0 aliphatic rings. The summed E-state index contributed by atoms with van der Waals surface area (Å²) < 4.78 is 13.4. The van der Waals surface area contributed by atoms with E-state index in [1.165, 1.54) is 6.07 Å². The van der Waals surface area contributed by atoms with Crippen LogP contribution in [-0.4, -0.2) is 11.3 Å². The first-order valence-corrected chi connectivity index (χ1v) is 4.44. The van der Waals surface area contributed by atoms with Crippen molar-refractivity contribution in [1.29, 1.82) is 0 Å². The highest BCUT2D eigenvalue weighted by Gasteiger charge is 2.14. The van der Waals surface area contributed by atoms with Gasteiger partial charge in [-0.2, -0.15) is 0 Å². The monoisotopic (exact) mass is 211 g/mol. The highest BCUT2D eigenvalue weighted by atomic mass is 35.5. The Morgan fingerprint density at radius 2 is 2.21 bits per heavy atom. The summed E-state index contributed by atoms with van der Waals surface area (Å²) in [6.45, 7) is 1.82. The lowest BCUT2D eigenvalue weighted by molar-refractivity contribution is 0.112. The summed E-state index contributed by atoms with van der Waals surface area (Å²) in [5.41, 5.74) is 1.62. The van der Waals surface area contributed by atoms with E-state index in [9.17, 15) is 9.18 Å². The second-order valence-corrected chi connectivity index (χ2v) is 3.46. The fraction of sp³-hybridized carbons (Fsp3) is 0.100. The third-order valence-corrected chi connectivity index (χ3v) is 2.52. The second-order valence-electron chi connectivity index (χ2n) is 3.08. The molecular weight excluding hydrogens is 205 g/mol. The summed E-state index contributed by atoms with van der Waals surface area (Å²) in [7, 11) is 0. The smallest absolute Gasteiger partial charge is 0.153 e. The van der Waals surface area contributed by atoms with Gasteiger partial charge in [0.15, 0.2) is 6.29 Å². The predicted octanol–water partition coefficient (Wildman–Crippen LogP) is 3.08. The zero-order valence-electron chi connectivity index (χ0n) is 7.40. The van der Waals surface area contributed by atoms with Gasteiger partial charge in [0.05, 0.1) is 11.1 Å². The summed E-state index contributed by atoms with van der Waals surface area (Å²) >= 11 is 5.76. The molecule has 72 valence electrons. The molecule has 1 heterocycles. The highest BCUT2D eigenvalue weighted by Crippen LogP contribution is 2.28. The van der Waals surface area contributed by atoms with Crippen LogP contribution >= 0.6 is 11.6 Å². The van der Waals surface area contributed by atoms with E-state index in [0.717, 1.165) is 5.56 Å². The van der Waals surface area contributed by atoms with Crippen LogP contribution < -0.4 is 0 Å². The number of hydrogen-bond acceptors (Lipinski definition) is 1. The number of hydrogen-bond donors (Lipinski definition) is 1. The average molecular weight is 212 g/mol. The molecule has 0 aliphatic carbocycles. The zero-order valence-corrected chi connectivity index (χ0v) is 8.15. The second kappa shape index (κ2) is 3.10. The molecule has 0 unspecified atom stereocenters. The number of aldehydes is 1. The molecule has 2 aromatic rings. The number of carbonyl (C=O) groups is 1. The Hall–Kier alpha value is -1.35. The molecule has 1 aromatic heterocycles. The molecule has 0 radical (unpaired) electrons. The van der Waals surface area contributed by atoms with E-state index in [1.807, 2.05) is 6.92 Å². The summed E-state index contributed by atoms with van der Waals surface area (Å²) in [6, 6.07) is 2.97. The van der Waals surface area contributed by atoms with Crippen molar-refractivity contribution >= 4 is 28.8 Å². The zero-order chi connectivity index (χ0) is 10.3. The molecule has 0 fully saturated rings. The van der Waals surface area contributed by atoms with Gasteiger partial charge >= 0.3 is 0 Å². The number of aryl methyl sites for hydroxylation is 1. The Morgan fingerprint density at radius 1 is 1.50 bits per heavy atom. The third-order valence-electron chi connectivity index (χ3n) is 2.22. The maximum atomic E-state index is 13.4. The van der Waals surface area contributed by atoms with Gasteiger partial charge in [-0.1, -0.05) is 17.7 Å². The lowest BCUT2D eigenvalue weighted by Crippen LogP contribution is -1.83. The number of nitrogens with one attached hydrogen (secondary N) is 1. The van der Waals surface area contributed by atoms with E-state index < -0.39 is 5.82 Å². The third kappa shape index (κ3) is 1.13. The number of rotatable bonds is 1. The van der Waals surface area contributed by atoms with E-state index >= 15 is 0 Å². The van der Waals surface area contributed by atoms with E-state index in [4.69, 9.17) is 11.6 Å². The standard InChI is InChI=1S/C10H7ClFNO/c1-5-2-3-7(12)8-6(4-14)10(11)13-9(5)8/h2-4,13H,1H3. The number of halogens is 2.